The van der Waals surface area contributed by atoms with Gasteiger partial charge in [-0.05, 0) is 37.1 Å². The smallest absolute Gasteiger partial charge is 0.319 e. The van der Waals surface area contributed by atoms with Crippen LogP contribution in [-0.2, 0) is 26.1 Å². The third-order valence-electron chi connectivity index (χ3n) is 5.95. The van der Waals surface area contributed by atoms with Gasteiger partial charge in [0.05, 0.1) is 36.0 Å². The number of urea groups is 1. The maximum absolute atomic E-state index is 12.3. The number of aromatic nitrogens is 2. The monoisotopic (exact) mass is 479 g/mol. The minimum absolute atomic E-state index is 0.0682. The largest absolute Gasteiger partial charge is 0.371 e. The van der Waals surface area contributed by atoms with E-state index in [0.29, 0.717) is 47.2 Å². The fraction of sp³-hybridized carbons (Fsp3) is 0.476. The second kappa shape index (κ2) is 8.49. The van der Waals surface area contributed by atoms with Gasteiger partial charge in [-0.15, -0.1) is 0 Å². The van der Waals surface area contributed by atoms with Crippen molar-refractivity contribution in [3.05, 3.63) is 35.5 Å². The molecule has 2 fully saturated rings. The third-order valence-corrected chi connectivity index (χ3v) is 7.39. The molecule has 2 bridgehead atoms. The number of benzene rings is 1. The van der Waals surface area contributed by atoms with Gasteiger partial charge < -0.3 is 20.3 Å². The van der Waals surface area contributed by atoms with Crippen molar-refractivity contribution in [3.63, 3.8) is 0 Å². The van der Waals surface area contributed by atoms with Crippen molar-refractivity contribution in [2.45, 2.75) is 43.0 Å². The molecule has 0 aliphatic carbocycles. The van der Waals surface area contributed by atoms with Crippen LogP contribution in [0.1, 0.15) is 24.1 Å². The van der Waals surface area contributed by atoms with E-state index in [4.69, 9.17) is 9.72 Å². The Bertz CT molecular complexity index is 1160. The van der Waals surface area contributed by atoms with E-state index in [9.17, 15) is 22.0 Å². The van der Waals surface area contributed by atoms with Gasteiger partial charge in [-0.25, -0.2) is 32.0 Å². The van der Waals surface area contributed by atoms with Crippen molar-refractivity contribution < 1.29 is 26.7 Å². The van der Waals surface area contributed by atoms with Gasteiger partial charge >= 0.3 is 6.03 Å². The van der Waals surface area contributed by atoms with E-state index >= 15 is 0 Å². The summed E-state index contributed by atoms with van der Waals surface area (Å²) in [6, 6.07) is 5.88. The van der Waals surface area contributed by atoms with Crippen LogP contribution in [0.25, 0.3) is 11.4 Å². The molecule has 9 nitrogen and oxygen atoms in total. The molecule has 3 aliphatic rings. The van der Waals surface area contributed by atoms with Crippen LogP contribution in [0.15, 0.2) is 24.3 Å². The van der Waals surface area contributed by atoms with E-state index in [1.165, 1.54) is 0 Å². The number of fused-ring (bicyclic) bond motifs is 3. The average Bonchev–Trinajstić information content (AvgIpc) is 3.27. The lowest BCUT2D eigenvalue weighted by molar-refractivity contribution is 0.0302. The Balaban J connectivity index is 1.41. The van der Waals surface area contributed by atoms with Crippen molar-refractivity contribution in [1.82, 2.24) is 15.3 Å². The summed E-state index contributed by atoms with van der Waals surface area (Å²) in [5, 5.41) is 4.55. The maximum atomic E-state index is 12.3. The summed E-state index contributed by atoms with van der Waals surface area (Å²) >= 11 is 0. The number of carbonyl (C=O) groups excluding carboxylic acids is 1. The molecule has 2 atom stereocenters. The number of sulfone groups is 1. The number of hydrogen-bond donors (Lipinski definition) is 2. The Morgan fingerprint density at radius 1 is 1.12 bits per heavy atom. The van der Waals surface area contributed by atoms with Crippen LogP contribution in [0.2, 0.25) is 0 Å². The van der Waals surface area contributed by atoms with Gasteiger partial charge in [0, 0.05) is 29.9 Å². The van der Waals surface area contributed by atoms with E-state index < -0.39 is 28.8 Å². The number of nitrogens with one attached hydrogen (secondary N) is 2. The first kappa shape index (κ1) is 22.0. The fourth-order valence-electron chi connectivity index (χ4n) is 4.49. The maximum Gasteiger partial charge on any atom is 0.319 e. The van der Waals surface area contributed by atoms with Crippen molar-refractivity contribution in [2.24, 2.45) is 0 Å². The summed E-state index contributed by atoms with van der Waals surface area (Å²) in [5.74, 6) is 0.853. The minimum atomic E-state index is -3.28. The Morgan fingerprint density at radius 2 is 1.82 bits per heavy atom. The standard InChI is InChI=1S/C21H23F2N5O4S/c22-18(23)7-24-21(29)25-13-3-1-12(2-4-13)19-26-17-11-33(30,31)10-16(17)20(27-19)28-8-14-5-6-15(9-28)32-14/h1-4,14-15,18H,5-11H2,(H2,24,25,29). The number of alkyl halides is 2. The van der Waals surface area contributed by atoms with Gasteiger partial charge in [-0.3, -0.25) is 0 Å². The number of halogens is 2. The molecule has 2 amide bonds. The Labute approximate surface area is 189 Å². The second-order valence-electron chi connectivity index (χ2n) is 8.49. The van der Waals surface area contributed by atoms with Gasteiger partial charge in [0.25, 0.3) is 6.43 Å². The SMILES string of the molecule is O=C(NCC(F)F)Nc1ccc(-c2nc3c(c(N4CC5CCC(C4)O5)n2)CS(=O)(=O)C3)cc1. The Hall–Kier alpha value is -2.86. The van der Waals surface area contributed by atoms with Crippen molar-refractivity contribution in [2.75, 3.05) is 29.9 Å². The molecule has 0 spiro atoms. The Kier molecular flexibility index (Phi) is 5.65. The van der Waals surface area contributed by atoms with E-state index in [1.54, 1.807) is 24.3 Å². The molecule has 1 aromatic heterocycles. The fourth-order valence-corrected chi connectivity index (χ4v) is 5.98. The first-order valence-corrected chi connectivity index (χ1v) is 12.5. The van der Waals surface area contributed by atoms with Crippen molar-refractivity contribution in [1.29, 1.82) is 0 Å². The summed E-state index contributed by atoms with van der Waals surface area (Å²) in [6.45, 7) is 0.591. The first-order chi connectivity index (χ1) is 15.8. The van der Waals surface area contributed by atoms with Crippen molar-refractivity contribution >= 4 is 27.4 Å². The van der Waals surface area contributed by atoms with E-state index in [-0.39, 0.29) is 23.7 Å². The number of morpholine rings is 1. The minimum Gasteiger partial charge on any atom is -0.371 e. The predicted octanol–water partition coefficient (Wildman–Crippen LogP) is 2.33. The highest BCUT2D eigenvalue weighted by Crippen LogP contribution is 2.36. The number of rotatable bonds is 5. The zero-order valence-electron chi connectivity index (χ0n) is 17.6. The van der Waals surface area contributed by atoms with Crippen LogP contribution < -0.4 is 15.5 Å². The van der Waals surface area contributed by atoms with Crippen LogP contribution in [0.4, 0.5) is 25.1 Å². The van der Waals surface area contributed by atoms with Crippen molar-refractivity contribution in [3.8, 4) is 11.4 Å². The quantitative estimate of drug-likeness (QED) is 0.677. The number of anilines is 2. The highest BCUT2D eigenvalue weighted by Gasteiger charge is 2.38. The van der Waals surface area contributed by atoms with E-state index in [0.717, 1.165) is 12.8 Å². The molecule has 0 saturated carbocycles. The molecule has 2 aromatic rings. The van der Waals surface area contributed by atoms with Crippen LogP contribution in [0.5, 0.6) is 0 Å². The highest BCUT2D eigenvalue weighted by atomic mass is 32.2. The predicted molar refractivity (Wildman–Crippen MR) is 117 cm³/mol. The topological polar surface area (TPSA) is 114 Å². The molecule has 2 N–H and O–H groups in total. The highest BCUT2D eigenvalue weighted by molar-refractivity contribution is 7.90. The van der Waals surface area contributed by atoms with Gasteiger partial charge in [0.2, 0.25) is 0 Å². The lowest BCUT2D eigenvalue weighted by atomic mass is 10.1. The number of ether oxygens (including phenoxy) is 1. The molecule has 33 heavy (non-hydrogen) atoms. The van der Waals surface area contributed by atoms with E-state index in [1.807, 2.05) is 0 Å². The number of hydrogen-bond acceptors (Lipinski definition) is 7. The van der Waals surface area contributed by atoms with Crippen LogP contribution in [0.3, 0.4) is 0 Å². The van der Waals surface area contributed by atoms with Crippen LogP contribution >= 0.6 is 0 Å². The summed E-state index contributed by atoms with van der Waals surface area (Å²) in [5.41, 5.74) is 2.24. The first-order valence-electron chi connectivity index (χ1n) is 10.7. The summed E-state index contributed by atoms with van der Waals surface area (Å²) in [7, 11) is -3.28. The molecule has 176 valence electrons. The molecule has 0 radical (unpaired) electrons. The molecule has 2 unspecified atom stereocenters. The zero-order valence-corrected chi connectivity index (χ0v) is 18.4. The zero-order chi connectivity index (χ0) is 23.2. The number of carbonyl (C=O) groups is 1. The lowest BCUT2D eigenvalue weighted by Crippen LogP contribution is -2.43. The van der Waals surface area contributed by atoms with Gasteiger partial charge in [0.15, 0.2) is 15.7 Å². The number of nitrogens with zero attached hydrogens (tertiary/aromatic N) is 3. The van der Waals surface area contributed by atoms with Crippen LogP contribution in [0, 0.1) is 0 Å². The molecular formula is C21H23F2N5O4S. The lowest BCUT2D eigenvalue weighted by Gasteiger charge is -2.34. The summed E-state index contributed by atoms with van der Waals surface area (Å²) < 4.78 is 55.1. The van der Waals surface area contributed by atoms with Gasteiger partial charge in [0.1, 0.15) is 5.82 Å². The molecule has 5 rings (SSSR count). The van der Waals surface area contributed by atoms with Crippen LogP contribution in [-0.4, -0.2) is 62.7 Å². The number of amides is 2. The van der Waals surface area contributed by atoms with E-state index in [2.05, 4.69) is 20.5 Å². The molecule has 2 saturated heterocycles. The molecular weight excluding hydrogens is 456 g/mol. The second-order valence-corrected chi connectivity index (χ2v) is 10.6. The summed E-state index contributed by atoms with van der Waals surface area (Å²) in [6.07, 6.45) is -0.415. The van der Waals surface area contributed by atoms with Gasteiger partial charge in [-0.2, -0.15) is 0 Å². The molecule has 3 aliphatic heterocycles. The normalized spacial score (nSPS) is 22.9. The van der Waals surface area contributed by atoms with Gasteiger partial charge in [-0.1, -0.05) is 0 Å². The third kappa shape index (κ3) is 4.76. The molecule has 4 heterocycles. The molecule has 1 aromatic carbocycles. The molecule has 12 heteroatoms. The Morgan fingerprint density at radius 3 is 2.48 bits per heavy atom. The average molecular weight is 480 g/mol. The summed E-state index contributed by atoms with van der Waals surface area (Å²) in [4.78, 5) is 23.1.